The van der Waals surface area contributed by atoms with E-state index in [0.717, 1.165) is 5.56 Å². The fraction of sp³-hybridized carbons (Fsp3) is 0.500. The summed E-state index contributed by atoms with van der Waals surface area (Å²) in [5.41, 5.74) is 0.735. The van der Waals surface area contributed by atoms with Crippen LogP contribution in [0.25, 0.3) is 11.4 Å². The van der Waals surface area contributed by atoms with Crippen molar-refractivity contribution in [3.05, 3.63) is 24.1 Å². The van der Waals surface area contributed by atoms with Crippen LogP contribution in [0.2, 0.25) is 0 Å². The molecule has 0 fully saturated rings. The van der Waals surface area contributed by atoms with Crippen LogP contribution in [0.1, 0.15) is 33.1 Å². The van der Waals surface area contributed by atoms with Gasteiger partial charge >= 0.3 is 0 Å². The molecule has 0 atom stereocenters. The molecule has 0 spiro atoms. The highest BCUT2D eigenvalue weighted by atomic mass is 16.5. The molecule has 1 N–H and O–H groups in total. The molecule has 0 aliphatic carbocycles. The van der Waals surface area contributed by atoms with E-state index >= 15 is 0 Å². The van der Waals surface area contributed by atoms with E-state index in [1.807, 2.05) is 26.8 Å². The molecule has 25 heavy (non-hydrogen) atoms. The summed E-state index contributed by atoms with van der Waals surface area (Å²) in [6, 6.07) is 5.41. The van der Waals surface area contributed by atoms with E-state index in [0.29, 0.717) is 42.6 Å². The summed E-state index contributed by atoms with van der Waals surface area (Å²) in [7, 11) is 3.15. The van der Waals surface area contributed by atoms with Crippen molar-refractivity contribution in [3.63, 3.8) is 0 Å². The minimum Gasteiger partial charge on any atom is -0.493 e. The molecule has 7 nitrogen and oxygen atoms in total. The minimum absolute atomic E-state index is 0.0205. The number of methoxy groups -OCH3 is 2. The molecular formula is C18H25N3O4. The minimum atomic E-state index is -0.0326. The number of carbonyl (C=O) groups is 1. The first-order chi connectivity index (χ1) is 11.8. The van der Waals surface area contributed by atoms with Gasteiger partial charge in [-0.1, -0.05) is 25.9 Å². The average molecular weight is 347 g/mol. The van der Waals surface area contributed by atoms with E-state index in [2.05, 4.69) is 15.5 Å². The van der Waals surface area contributed by atoms with Crippen LogP contribution in [0.15, 0.2) is 22.7 Å². The van der Waals surface area contributed by atoms with Crippen molar-refractivity contribution in [1.82, 2.24) is 15.5 Å². The number of hydrogen-bond acceptors (Lipinski definition) is 6. The molecule has 2 rings (SSSR count). The first-order valence-corrected chi connectivity index (χ1v) is 8.14. The summed E-state index contributed by atoms with van der Waals surface area (Å²) in [5.74, 6) is 2.20. The van der Waals surface area contributed by atoms with E-state index in [4.69, 9.17) is 14.0 Å². The highest BCUT2D eigenvalue weighted by Crippen LogP contribution is 2.31. The third-order valence-corrected chi connectivity index (χ3v) is 3.46. The van der Waals surface area contributed by atoms with Gasteiger partial charge in [0.05, 0.1) is 14.2 Å². The maximum Gasteiger partial charge on any atom is 0.228 e. The summed E-state index contributed by atoms with van der Waals surface area (Å²) < 4.78 is 15.7. The number of nitrogens with one attached hydrogen (secondary N) is 1. The number of carbonyl (C=O) groups excluding carboxylic acids is 1. The normalized spacial score (nSPS) is 11.2. The average Bonchev–Trinajstić information content (AvgIpc) is 3.01. The summed E-state index contributed by atoms with van der Waals surface area (Å²) in [6.45, 7) is 6.54. The maximum atomic E-state index is 11.8. The Morgan fingerprint density at radius 3 is 2.56 bits per heavy atom. The summed E-state index contributed by atoms with van der Waals surface area (Å²) in [5, 5.41) is 6.85. The molecule has 1 amide bonds. The van der Waals surface area contributed by atoms with Crippen LogP contribution in [0, 0.1) is 5.41 Å². The molecule has 1 heterocycles. The first-order valence-electron chi connectivity index (χ1n) is 8.14. The fourth-order valence-electron chi connectivity index (χ4n) is 2.30. The quantitative estimate of drug-likeness (QED) is 0.829. The Labute approximate surface area is 147 Å². The van der Waals surface area contributed by atoms with Crippen molar-refractivity contribution in [1.29, 1.82) is 0 Å². The molecule has 0 bridgehead atoms. The van der Waals surface area contributed by atoms with Crippen molar-refractivity contribution in [2.45, 2.75) is 33.6 Å². The van der Waals surface area contributed by atoms with Crippen LogP contribution < -0.4 is 14.8 Å². The van der Waals surface area contributed by atoms with Crippen LogP contribution in [0.4, 0.5) is 0 Å². The Morgan fingerprint density at radius 1 is 1.20 bits per heavy atom. The molecule has 0 saturated carbocycles. The first kappa shape index (κ1) is 18.8. The van der Waals surface area contributed by atoms with Gasteiger partial charge in [-0.05, 0) is 23.6 Å². The Bertz CT molecular complexity index is 719. The lowest BCUT2D eigenvalue weighted by Gasteiger charge is -2.16. The standard InChI is InChI=1S/C18H25N3O4/c1-18(2,3)11-15(22)19-9-8-16-20-17(21-25-16)12-6-7-13(23-4)14(10-12)24-5/h6-7,10H,8-9,11H2,1-5H3,(H,19,22). The topological polar surface area (TPSA) is 86.5 Å². The number of ether oxygens (including phenoxy) is 2. The highest BCUT2D eigenvalue weighted by Gasteiger charge is 2.16. The summed E-state index contributed by atoms with van der Waals surface area (Å²) in [4.78, 5) is 16.2. The zero-order valence-electron chi connectivity index (χ0n) is 15.4. The van der Waals surface area contributed by atoms with Crippen molar-refractivity contribution in [2.24, 2.45) is 5.41 Å². The van der Waals surface area contributed by atoms with E-state index in [-0.39, 0.29) is 11.3 Å². The Hall–Kier alpha value is -2.57. The Kier molecular flexibility index (Phi) is 6.01. The van der Waals surface area contributed by atoms with Gasteiger partial charge in [-0.25, -0.2) is 0 Å². The van der Waals surface area contributed by atoms with Crippen LogP contribution in [0.5, 0.6) is 11.5 Å². The van der Waals surface area contributed by atoms with Crippen molar-refractivity contribution < 1.29 is 18.8 Å². The van der Waals surface area contributed by atoms with Crippen LogP contribution in [0.3, 0.4) is 0 Å². The maximum absolute atomic E-state index is 11.8. The molecule has 1 aromatic heterocycles. The van der Waals surface area contributed by atoms with Crippen LogP contribution in [-0.2, 0) is 11.2 Å². The number of amides is 1. The van der Waals surface area contributed by atoms with E-state index in [1.165, 1.54) is 0 Å². The number of benzene rings is 1. The van der Waals surface area contributed by atoms with Gasteiger partial charge in [0.2, 0.25) is 17.6 Å². The number of rotatable bonds is 7. The van der Waals surface area contributed by atoms with Crippen molar-refractivity contribution in [3.8, 4) is 22.9 Å². The zero-order chi connectivity index (χ0) is 18.4. The van der Waals surface area contributed by atoms with Gasteiger partial charge in [0, 0.05) is 24.9 Å². The molecule has 0 aliphatic heterocycles. The molecule has 1 aromatic carbocycles. The highest BCUT2D eigenvalue weighted by molar-refractivity contribution is 5.76. The smallest absolute Gasteiger partial charge is 0.228 e. The van der Waals surface area contributed by atoms with E-state index < -0.39 is 0 Å². The molecule has 7 heteroatoms. The largest absolute Gasteiger partial charge is 0.493 e. The molecular weight excluding hydrogens is 322 g/mol. The number of aromatic nitrogens is 2. The molecule has 2 aromatic rings. The van der Waals surface area contributed by atoms with Crippen molar-refractivity contribution >= 4 is 5.91 Å². The van der Waals surface area contributed by atoms with Gasteiger partial charge in [0.25, 0.3) is 0 Å². The second kappa shape index (κ2) is 8.00. The Balaban J connectivity index is 1.95. The molecule has 0 radical (unpaired) electrons. The second-order valence-corrected chi connectivity index (χ2v) is 6.92. The zero-order valence-corrected chi connectivity index (χ0v) is 15.4. The van der Waals surface area contributed by atoms with Gasteiger partial charge in [-0.2, -0.15) is 4.98 Å². The third kappa shape index (κ3) is 5.48. The number of nitrogens with zero attached hydrogens (tertiary/aromatic N) is 2. The third-order valence-electron chi connectivity index (χ3n) is 3.46. The second-order valence-electron chi connectivity index (χ2n) is 6.92. The molecule has 136 valence electrons. The molecule has 0 aliphatic rings. The van der Waals surface area contributed by atoms with Gasteiger partial charge < -0.3 is 19.3 Å². The lowest BCUT2D eigenvalue weighted by Crippen LogP contribution is -2.29. The number of hydrogen-bond donors (Lipinski definition) is 1. The monoisotopic (exact) mass is 347 g/mol. The predicted molar refractivity (Wildman–Crippen MR) is 93.6 cm³/mol. The molecule has 0 saturated heterocycles. The van der Waals surface area contributed by atoms with E-state index in [1.54, 1.807) is 26.4 Å². The van der Waals surface area contributed by atoms with Crippen molar-refractivity contribution in [2.75, 3.05) is 20.8 Å². The predicted octanol–water partition coefficient (Wildman–Crippen LogP) is 2.85. The van der Waals surface area contributed by atoms with Crippen LogP contribution >= 0.6 is 0 Å². The summed E-state index contributed by atoms with van der Waals surface area (Å²) in [6.07, 6.45) is 0.962. The van der Waals surface area contributed by atoms with Gasteiger partial charge in [0.15, 0.2) is 11.5 Å². The fourth-order valence-corrected chi connectivity index (χ4v) is 2.30. The van der Waals surface area contributed by atoms with Gasteiger partial charge in [0.1, 0.15) is 0 Å². The lowest BCUT2D eigenvalue weighted by atomic mass is 9.92. The SMILES string of the molecule is COc1ccc(-c2noc(CCNC(=O)CC(C)(C)C)n2)cc1OC. The van der Waals surface area contributed by atoms with Gasteiger partial charge in [-0.3, -0.25) is 4.79 Å². The Morgan fingerprint density at radius 2 is 1.92 bits per heavy atom. The lowest BCUT2D eigenvalue weighted by molar-refractivity contribution is -0.122. The van der Waals surface area contributed by atoms with Crippen LogP contribution in [-0.4, -0.2) is 36.8 Å². The van der Waals surface area contributed by atoms with Gasteiger partial charge in [-0.15, -0.1) is 0 Å². The summed E-state index contributed by atoms with van der Waals surface area (Å²) >= 11 is 0. The van der Waals surface area contributed by atoms with E-state index in [9.17, 15) is 4.79 Å². The molecule has 0 unspecified atom stereocenters.